The molecular formula is C9H16NO. The third kappa shape index (κ3) is 2.52. The van der Waals surface area contributed by atoms with E-state index in [-0.39, 0.29) is 5.41 Å². The summed E-state index contributed by atoms with van der Waals surface area (Å²) in [6.45, 7) is 9.81. The van der Waals surface area contributed by atoms with Gasteiger partial charge in [-0.2, -0.15) is 0 Å². The molecule has 1 radical (unpaired) electrons. The van der Waals surface area contributed by atoms with Gasteiger partial charge in [0.2, 0.25) is 5.91 Å². The highest BCUT2D eigenvalue weighted by atomic mass is 16.2. The van der Waals surface area contributed by atoms with Crippen molar-refractivity contribution < 1.29 is 4.79 Å². The molecule has 1 rings (SSSR count). The van der Waals surface area contributed by atoms with Gasteiger partial charge in [-0.05, 0) is 18.8 Å². The Kier molecular flexibility index (Phi) is 2.21. The van der Waals surface area contributed by atoms with Crippen LogP contribution in [0.1, 0.15) is 26.7 Å². The average Bonchev–Trinajstić information content (AvgIpc) is 2.12. The van der Waals surface area contributed by atoms with E-state index in [1.165, 1.54) is 0 Å². The van der Waals surface area contributed by atoms with Crippen LogP contribution in [0, 0.1) is 12.3 Å². The van der Waals surface area contributed by atoms with E-state index in [1.807, 2.05) is 4.90 Å². The second-order valence-corrected chi connectivity index (χ2v) is 4.08. The minimum Gasteiger partial charge on any atom is -0.342 e. The van der Waals surface area contributed by atoms with Crippen molar-refractivity contribution in [2.45, 2.75) is 26.7 Å². The maximum Gasteiger partial charge on any atom is 0.222 e. The van der Waals surface area contributed by atoms with Gasteiger partial charge in [0.1, 0.15) is 0 Å². The lowest BCUT2D eigenvalue weighted by Crippen LogP contribution is -2.33. The van der Waals surface area contributed by atoms with Gasteiger partial charge < -0.3 is 4.90 Å². The van der Waals surface area contributed by atoms with Crippen molar-refractivity contribution in [1.29, 1.82) is 0 Å². The largest absolute Gasteiger partial charge is 0.342 e. The van der Waals surface area contributed by atoms with Crippen LogP contribution >= 0.6 is 0 Å². The molecule has 11 heavy (non-hydrogen) atoms. The molecule has 0 aromatic carbocycles. The standard InChI is InChI=1S/C9H16NO/c1-9(2,3)7-10-6-4-5-8(10)11/h1,4-7H2,2-3H3. The molecule has 0 aromatic rings. The van der Waals surface area contributed by atoms with E-state index in [4.69, 9.17) is 0 Å². The van der Waals surface area contributed by atoms with Crippen LogP contribution in [0.2, 0.25) is 0 Å². The molecule has 1 fully saturated rings. The number of hydrogen-bond donors (Lipinski definition) is 0. The minimum atomic E-state index is 0. The first-order valence-corrected chi connectivity index (χ1v) is 4.12. The molecule has 1 amide bonds. The summed E-state index contributed by atoms with van der Waals surface area (Å²) in [6.07, 6.45) is 1.75. The van der Waals surface area contributed by atoms with Gasteiger partial charge in [-0.1, -0.05) is 13.8 Å². The highest BCUT2D eigenvalue weighted by Gasteiger charge is 2.24. The molecule has 0 aromatic heterocycles. The lowest BCUT2D eigenvalue weighted by Gasteiger charge is -2.25. The van der Waals surface area contributed by atoms with Crippen molar-refractivity contribution in [2.75, 3.05) is 13.1 Å². The summed E-state index contributed by atoms with van der Waals surface area (Å²) in [4.78, 5) is 13.1. The topological polar surface area (TPSA) is 20.3 Å². The first-order chi connectivity index (χ1) is 4.99. The van der Waals surface area contributed by atoms with Gasteiger partial charge in [0.25, 0.3) is 0 Å². The zero-order valence-electron chi connectivity index (χ0n) is 7.39. The van der Waals surface area contributed by atoms with Crippen LogP contribution in [0.3, 0.4) is 0 Å². The molecule has 0 atom stereocenters. The number of amides is 1. The quantitative estimate of drug-likeness (QED) is 0.589. The van der Waals surface area contributed by atoms with Gasteiger partial charge in [-0.25, -0.2) is 0 Å². The number of carbonyl (C=O) groups is 1. The summed E-state index contributed by atoms with van der Waals surface area (Å²) in [5.41, 5.74) is 0. The third-order valence-electron chi connectivity index (χ3n) is 1.79. The Balaban J connectivity index is 2.43. The molecule has 63 valence electrons. The number of likely N-dealkylation sites (tertiary alicyclic amines) is 1. The van der Waals surface area contributed by atoms with Gasteiger partial charge in [0.15, 0.2) is 0 Å². The number of nitrogens with zero attached hydrogens (tertiary/aromatic N) is 1. The second-order valence-electron chi connectivity index (χ2n) is 4.08. The Morgan fingerprint density at radius 2 is 2.27 bits per heavy atom. The fraction of sp³-hybridized carbons (Fsp3) is 0.778. The molecule has 0 bridgehead atoms. The van der Waals surface area contributed by atoms with Crippen molar-refractivity contribution in [3.63, 3.8) is 0 Å². The molecule has 0 spiro atoms. The molecule has 0 aliphatic carbocycles. The average molecular weight is 154 g/mol. The summed E-state index contributed by atoms with van der Waals surface area (Å²) in [5.74, 6) is 0.293. The van der Waals surface area contributed by atoms with E-state index in [9.17, 15) is 4.79 Å². The van der Waals surface area contributed by atoms with E-state index < -0.39 is 0 Å². The van der Waals surface area contributed by atoms with Crippen molar-refractivity contribution >= 4 is 5.91 Å². The fourth-order valence-corrected chi connectivity index (χ4v) is 1.39. The van der Waals surface area contributed by atoms with Gasteiger partial charge in [0.05, 0.1) is 0 Å². The van der Waals surface area contributed by atoms with E-state index in [0.29, 0.717) is 5.91 Å². The first-order valence-electron chi connectivity index (χ1n) is 4.12. The van der Waals surface area contributed by atoms with Gasteiger partial charge >= 0.3 is 0 Å². The van der Waals surface area contributed by atoms with Crippen molar-refractivity contribution in [2.24, 2.45) is 5.41 Å². The molecule has 2 heteroatoms. The lowest BCUT2D eigenvalue weighted by atomic mass is 9.96. The van der Waals surface area contributed by atoms with Crippen LogP contribution in [-0.4, -0.2) is 23.9 Å². The molecule has 1 aliphatic rings. The molecule has 1 aliphatic heterocycles. The van der Waals surface area contributed by atoms with Crippen molar-refractivity contribution in [3.8, 4) is 0 Å². The predicted octanol–water partition coefficient (Wildman–Crippen LogP) is 1.47. The number of hydrogen-bond acceptors (Lipinski definition) is 1. The molecule has 0 saturated carbocycles. The molecule has 0 unspecified atom stereocenters. The summed E-state index contributed by atoms with van der Waals surface area (Å²) < 4.78 is 0. The normalized spacial score (nSPS) is 19.5. The summed E-state index contributed by atoms with van der Waals surface area (Å²) in [6, 6.07) is 0. The Bertz CT molecular complexity index is 157. The summed E-state index contributed by atoms with van der Waals surface area (Å²) in [7, 11) is 0. The second kappa shape index (κ2) is 2.84. The fourth-order valence-electron chi connectivity index (χ4n) is 1.39. The minimum absolute atomic E-state index is 0. The SMILES string of the molecule is [CH2]C(C)(C)CN1CCCC1=O. The number of carbonyl (C=O) groups excluding carboxylic acids is 1. The summed E-state index contributed by atoms with van der Waals surface area (Å²) >= 11 is 0. The number of rotatable bonds is 2. The van der Waals surface area contributed by atoms with Crippen LogP contribution in [-0.2, 0) is 4.79 Å². The van der Waals surface area contributed by atoms with E-state index in [1.54, 1.807) is 0 Å². The highest BCUT2D eigenvalue weighted by Crippen LogP contribution is 2.19. The molecular weight excluding hydrogens is 138 g/mol. The van der Waals surface area contributed by atoms with Crippen LogP contribution < -0.4 is 0 Å². The summed E-state index contributed by atoms with van der Waals surface area (Å²) in [5, 5.41) is 0. The third-order valence-corrected chi connectivity index (χ3v) is 1.79. The molecule has 2 nitrogen and oxygen atoms in total. The zero-order chi connectivity index (χ0) is 8.48. The lowest BCUT2D eigenvalue weighted by molar-refractivity contribution is -0.128. The Morgan fingerprint density at radius 3 is 2.64 bits per heavy atom. The maximum atomic E-state index is 11.2. The van der Waals surface area contributed by atoms with Crippen LogP contribution in [0.4, 0.5) is 0 Å². The maximum absolute atomic E-state index is 11.2. The highest BCUT2D eigenvalue weighted by molar-refractivity contribution is 5.78. The van der Waals surface area contributed by atoms with Crippen molar-refractivity contribution in [1.82, 2.24) is 4.90 Å². The molecule has 1 saturated heterocycles. The molecule has 0 N–H and O–H groups in total. The van der Waals surface area contributed by atoms with Gasteiger partial charge in [-0.3, -0.25) is 4.79 Å². The van der Waals surface area contributed by atoms with Gasteiger partial charge in [-0.15, -0.1) is 0 Å². The Labute approximate surface area is 68.6 Å². The van der Waals surface area contributed by atoms with E-state index in [0.717, 1.165) is 25.9 Å². The van der Waals surface area contributed by atoms with Gasteiger partial charge in [0, 0.05) is 19.5 Å². The smallest absolute Gasteiger partial charge is 0.222 e. The predicted molar refractivity (Wildman–Crippen MR) is 45.0 cm³/mol. The first kappa shape index (κ1) is 8.57. The Hall–Kier alpha value is -0.530. The van der Waals surface area contributed by atoms with Crippen LogP contribution in [0.15, 0.2) is 0 Å². The van der Waals surface area contributed by atoms with Crippen LogP contribution in [0.5, 0.6) is 0 Å². The van der Waals surface area contributed by atoms with Crippen molar-refractivity contribution in [3.05, 3.63) is 6.92 Å². The Morgan fingerprint density at radius 1 is 1.64 bits per heavy atom. The monoisotopic (exact) mass is 154 g/mol. The molecule has 1 heterocycles. The van der Waals surface area contributed by atoms with E-state index in [2.05, 4.69) is 20.8 Å². The van der Waals surface area contributed by atoms with E-state index >= 15 is 0 Å². The zero-order valence-corrected chi connectivity index (χ0v) is 7.39. The van der Waals surface area contributed by atoms with Crippen LogP contribution in [0.25, 0.3) is 0 Å².